The average Bonchev–Trinajstić information content (AvgIpc) is 3.11. The molecule has 0 aliphatic heterocycles. The highest BCUT2D eigenvalue weighted by molar-refractivity contribution is 8.00. The van der Waals surface area contributed by atoms with E-state index in [0.717, 1.165) is 44.9 Å². The second-order valence-corrected chi connectivity index (χ2v) is 8.37. The molecule has 0 fully saturated rings. The Morgan fingerprint density at radius 3 is 2.81 bits per heavy atom. The Morgan fingerprint density at radius 1 is 1.23 bits per heavy atom. The molecular weight excluding hydrogens is 364 g/mol. The normalized spacial score (nSPS) is 12.2. The van der Waals surface area contributed by atoms with Crippen molar-refractivity contribution in [2.75, 3.05) is 6.61 Å². The summed E-state index contributed by atoms with van der Waals surface area (Å²) in [7, 11) is 0. The van der Waals surface area contributed by atoms with Gasteiger partial charge in [0, 0.05) is 10.3 Å². The summed E-state index contributed by atoms with van der Waals surface area (Å²) in [6.07, 6.45) is 4.68. The second kappa shape index (κ2) is 9.14. The number of aromatic nitrogens is 2. The number of rotatable bonds is 8. The van der Waals surface area contributed by atoms with Crippen molar-refractivity contribution in [3.05, 3.63) is 42.7 Å². The number of carbonyl (C=O) groups excluding carboxylic acids is 1. The van der Waals surface area contributed by atoms with Crippen LogP contribution in [-0.4, -0.2) is 27.8 Å². The third kappa shape index (κ3) is 4.62. The summed E-state index contributed by atoms with van der Waals surface area (Å²) >= 11 is 3.07. The quantitative estimate of drug-likeness (QED) is 0.219. The first kappa shape index (κ1) is 18.9. The topological polar surface area (TPSA) is 52.1 Å². The number of ether oxygens (including phenoxy) is 1. The van der Waals surface area contributed by atoms with E-state index in [1.165, 1.54) is 11.8 Å². The van der Waals surface area contributed by atoms with E-state index in [4.69, 9.17) is 4.74 Å². The Morgan fingerprint density at radius 2 is 2.04 bits per heavy atom. The third-order valence-electron chi connectivity index (χ3n) is 3.96. The smallest absolute Gasteiger partial charge is 0.319 e. The number of hydrogen-bond acceptors (Lipinski definition) is 6. The number of fused-ring (bicyclic) bond motifs is 1. The maximum absolute atomic E-state index is 12.2. The third-order valence-corrected chi connectivity index (χ3v) is 6.15. The largest absolute Gasteiger partial charge is 0.465 e. The molecule has 0 radical (unpaired) electrons. The van der Waals surface area contributed by atoms with Gasteiger partial charge in [-0.15, -0.1) is 11.3 Å². The molecule has 0 bridgehead atoms. The molecule has 4 nitrogen and oxygen atoms in total. The van der Waals surface area contributed by atoms with Crippen molar-refractivity contribution in [3.8, 4) is 10.4 Å². The summed E-state index contributed by atoms with van der Waals surface area (Å²) < 4.78 is 5.36. The van der Waals surface area contributed by atoms with Gasteiger partial charge in [-0.05, 0) is 25.0 Å². The van der Waals surface area contributed by atoms with E-state index in [1.54, 1.807) is 17.7 Å². The fourth-order valence-corrected chi connectivity index (χ4v) is 4.49. The summed E-state index contributed by atoms with van der Waals surface area (Å²) in [5, 5.41) is 1.52. The molecule has 0 N–H and O–H groups in total. The summed E-state index contributed by atoms with van der Waals surface area (Å²) in [4.78, 5) is 23.1. The lowest BCUT2D eigenvalue weighted by Gasteiger charge is -2.11. The Bertz CT molecular complexity index is 865. The number of carbonyl (C=O) groups is 1. The number of benzene rings is 1. The molecule has 3 aromatic rings. The monoisotopic (exact) mass is 386 g/mol. The van der Waals surface area contributed by atoms with Gasteiger partial charge in [-0.1, -0.05) is 61.9 Å². The van der Waals surface area contributed by atoms with Crippen molar-refractivity contribution in [3.63, 3.8) is 0 Å². The van der Waals surface area contributed by atoms with Crippen LogP contribution >= 0.6 is 23.1 Å². The SMILES string of the molecule is CCCCCOC(=O)[C@@H](C)Sc1ncnc2sc(-c3ccccc3)cc12. The van der Waals surface area contributed by atoms with Crippen molar-refractivity contribution in [1.82, 2.24) is 9.97 Å². The van der Waals surface area contributed by atoms with Gasteiger partial charge in [-0.3, -0.25) is 4.79 Å². The molecular formula is C20H22N2O2S2. The number of thiophene rings is 1. The molecule has 26 heavy (non-hydrogen) atoms. The van der Waals surface area contributed by atoms with Crippen LogP contribution in [-0.2, 0) is 9.53 Å². The van der Waals surface area contributed by atoms with Crippen molar-refractivity contribution < 1.29 is 9.53 Å². The molecule has 1 aromatic carbocycles. The summed E-state index contributed by atoms with van der Waals surface area (Å²) in [6, 6.07) is 12.3. The Labute approximate surface area is 162 Å². The van der Waals surface area contributed by atoms with Crippen LogP contribution < -0.4 is 0 Å². The van der Waals surface area contributed by atoms with Gasteiger partial charge in [0.15, 0.2) is 0 Å². The van der Waals surface area contributed by atoms with Gasteiger partial charge < -0.3 is 4.74 Å². The van der Waals surface area contributed by atoms with Gasteiger partial charge in [-0.2, -0.15) is 0 Å². The maximum Gasteiger partial charge on any atom is 0.319 e. The molecule has 3 rings (SSSR count). The van der Waals surface area contributed by atoms with Crippen LogP contribution in [0, 0.1) is 0 Å². The van der Waals surface area contributed by atoms with Crippen LogP contribution in [0.2, 0.25) is 0 Å². The molecule has 6 heteroatoms. The van der Waals surface area contributed by atoms with Crippen LogP contribution in [0.4, 0.5) is 0 Å². The summed E-state index contributed by atoms with van der Waals surface area (Å²) in [5.74, 6) is -0.184. The zero-order chi connectivity index (χ0) is 18.4. The lowest BCUT2D eigenvalue weighted by Crippen LogP contribution is -2.17. The van der Waals surface area contributed by atoms with Gasteiger partial charge in [0.1, 0.15) is 21.4 Å². The molecule has 136 valence electrons. The van der Waals surface area contributed by atoms with Gasteiger partial charge in [-0.25, -0.2) is 9.97 Å². The minimum Gasteiger partial charge on any atom is -0.465 e. The number of nitrogens with zero attached hydrogens (tertiary/aromatic N) is 2. The van der Waals surface area contributed by atoms with Crippen molar-refractivity contribution in [2.45, 2.75) is 43.4 Å². The fourth-order valence-electron chi connectivity index (χ4n) is 2.53. The van der Waals surface area contributed by atoms with E-state index in [1.807, 2.05) is 25.1 Å². The lowest BCUT2D eigenvalue weighted by atomic mass is 10.2. The summed E-state index contributed by atoms with van der Waals surface area (Å²) in [5.41, 5.74) is 1.16. The molecule has 0 saturated carbocycles. The van der Waals surface area contributed by atoms with E-state index in [0.29, 0.717) is 6.61 Å². The Hall–Kier alpha value is -1.92. The van der Waals surface area contributed by atoms with Gasteiger partial charge in [0.25, 0.3) is 0 Å². The molecule has 2 heterocycles. The zero-order valence-corrected chi connectivity index (χ0v) is 16.6. The first-order valence-electron chi connectivity index (χ1n) is 8.82. The van der Waals surface area contributed by atoms with E-state index in [-0.39, 0.29) is 11.2 Å². The average molecular weight is 387 g/mol. The van der Waals surface area contributed by atoms with E-state index in [9.17, 15) is 4.79 Å². The number of thioether (sulfide) groups is 1. The first-order chi connectivity index (χ1) is 12.7. The molecule has 1 atom stereocenters. The van der Waals surface area contributed by atoms with E-state index < -0.39 is 0 Å². The highest BCUT2D eigenvalue weighted by Gasteiger charge is 2.19. The number of hydrogen-bond donors (Lipinski definition) is 0. The Balaban J connectivity index is 1.73. The van der Waals surface area contributed by atoms with Crippen molar-refractivity contribution >= 4 is 39.3 Å². The standard InChI is InChI=1S/C20H22N2O2S2/c1-3-4-8-11-24-20(23)14(2)25-18-16-12-17(15-9-6-5-7-10-15)26-19(16)22-13-21-18/h5-7,9-10,12-14H,3-4,8,11H2,1-2H3/t14-/m1/s1. The molecule has 2 aromatic heterocycles. The van der Waals surface area contributed by atoms with Crippen LogP contribution in [0.5, 0.6) is 0 Å². The number of esters is 1. The van der Waals surface area contributed by atoms with E-state index >= 15 is 0 Å². The van der Waals surface area contributed by atoms with Crippen LogP contribution in [0.3, 0.4) is 0 Å². The van der Waals surface area contributed by atoms with E-state index in [2.05, 4.69) is 35.1 Å². The van der Waals surface area contributed by atoms with Crippen molar-refractivity contribution in [2.24, 2.45) is 0 Å². The fraction of sp³-hybridized carbons (Fsp3) is 0.350. The highest BCUT2D eigenvalue weighted by Crippen LogP contribution is 2.37. The molecule has 0 aliphatic carbocycles. The second-order valence-electron chi connectivity index (χ2n) is 6.01. The van der Waals surface area contributed by atoms with Crippen LogP contribution in [0.1, 0.15) is 33.1 Å². The predicted octanol–water partition coefficient (Wildman–Crippen LogP) is 5.57. The van der Waals surface area contributed by atoms with Crippen LogP contribution in [0.25, 0.3) is 20.7 Å². The minimum atomic E-state index is -0.296. The lowest BCUT2D eigenvalue weighted by molar-refractivity contribution is -0.142. The predicted molar refractivity (Wildman–Crippen MR) is 109 cm³/mol. The molecule has 0 aliphatic rings. The maximum atomic E-state index is 12.2. The first-order valence-corrected chi connectivity index (χ1v) is 10.5. The van der Waals surface area contributed by atoms with Gasteiger partial charge in [0.05, 0.1) is 6.61 Å². The van der Waals surface area contributed by atoms with Gasteiger partial charge in [0.2, 0.25) is 0 Å². The molecule has 0 saturated heterocycles. The zero-order valence-electron chi connectivity index (χ0n) is 15.0. The van der Waals surface area contributed by atoms with Crippen LogP contribution in [0.15, 0.2) is 47.8 Å². The molecule has 0 spiro atoms. The Kier molecular flexibility index (Phi) is 6.63. The molecule has 0 unspecified atom stereocenters. The molecule has 0 amide bonds. The summed E-state index contributed by atoms with van der Waals surface area (Å²) in [6.45, 7) is 4.49. The van der Waals surface area contributed by atoms with Crippen molar-refractivity contribution in [1.29, 1.82) is 0 Å². The highest BCUT2D eigenvalue weighted by atomic mass is 32.2. The van der Waals surface area contributed by atoms with Gasteiger partial charge >= 0.3 is 5.97 Å². The number of unbranched alkanes of at least 4 members (excludes halogenated alkanes) is 2. The minimum absolute atomic E-state index is 0.184.